The minimum Gasteiger partial charge on any atom is -0.382 e. The van der Waals surface area contributed by atoms with Crippen LogP contribution in [-0.4, -0.2) is 73.3 Å². The largest absolute Gasteiger partial charge is 0.382 e. The third kappa shape index (κ3) is 6.20. The van der Waals surface area contributed by atoms with Gasteiger partial charge in [-0.1, -0.05) is 11.6 Å². The fraction of sp³-hybridized carbons (Fsp3) is 0.400. The van der Waals surface area contributed by atoms with E-state index < -0.39 is 16.1 Å². The highest BCUT2D eigenvalue weighted by Crippen LogP contribution is 2.37. The number of piperidine rings is 1. The number of nitrogens with zero attached hydrogens (tertiary/aromatic N) is 3. The first-order valence-electron chi connectivity index (χ1n) is 12.4. The first kappa shape index (κ1) is 27.1. The zero-order valence-electron chi connectivity index (χ0n) is 20.5. The number of rotatable bonds is 9. The van der Waals surface area contributed by atoms with Crippen molar-refractivity contribution < 1.29 is 18.0 Å². The lowest BCUT2D eigenvalue weighted by atomic mass is 10.1. The van der Waals surface area contributed by atoms with E-state index >= 15 is 0 Å². The van der Waals surface area contributed by atoms with Crippen LogP contribution in [0.25, 0.3) is 9.75 Å². The number of carbonyl (C=O) groups is 2. The van der Waals surface area contributed by atoms with Crippen LogP contribution >= 0.6 is 34.3 Å². The fourth-order valence-electron chi connectivity index (χ4n) is 4.83. The summed E-state index contributed by atoms with van der Waals surface area (Å²) in [6.07, 6.45) is 6.24. The molecule has 0 saturated carbocycles. The van der Waals surface area contributed by atoms with Crippen LogP contribution in [-0.2, 0) is 19.6 Å². The van der Waals surface area contributed by atoms with Gasteiger partial charge in [0, 0.05) is 47.8 Å². The van der Waals surface area contributed by atoms with Crippen molar-refractivity contribution in [1.29, 1.82) is 0 Å². The van der Waals surface area contributed by atoms with Gasteiger partial charge in [-0.25, -0.2) is 8.42 Å². The van der Waals surface area contributed by atoms with Gasteiger partial charge >= 0.3 is 0 Å². The first-order chi connectivity index (χ1) is 18.3. The lowest BCUT2D eigenvalue weighted by molar-refractivity contribution is -0.143. The van der Waals surface area contributed by atoms with Crippen LogP contribution in [0.5, 0.6) is 0 Å². The molecule has 2 unspecified atom stereocenters. The Morgan fingerprint density at radius 3 is 2.63 bits per heavy atom. The van der Waals surface area contributed by atoms with Crippen LogP contribution in [0.3, 0.4) is 0 Å². The zero-order valence-corrected chi connectivity index (χ0v) is 23.7. The molecule has 0 radical (unpaired) electrons. The van der Waals surface area contributed by atoms with E-state index in [1.54, 1.807) is 24.5 Å². The SMILES string of the molecule is O=C1C(NS(=O)(=O)c2ccc(-c3ccc(Cl)s3)s2)CCCN1CC(=O)N1CCCC1CNc1cccnc1. The Bertz CT molecular complexity index is 1390. The maximum atomic E-state index is 13.2. The topological polar surface area (TPSA) is 112 Å². The Balaban J connectivity index is 1.19. The summed E-state index contributed by atoms with van der Waals surface area (Å²) in [6.45, 7) is 1.63. The van der Waals surface area contributed by atoms with E-state index in [2.05, 4.69) is 15.0 Å². The number of hydrogen-bond donors (Lipinski definition) is 2. The van der Waals surface area contributed by atoms with E-state index in [4.69, 9.17) is 11.6 Å². The molecule has 2 aliphatic heterocycles. The summed E-state index contributed by atoms with van der Waals surface area (Å²) in [5.41, 5.74) is 0.894. The molecule has 2 fully saturated rings. The number of thiophene rings is 2. The van der Waals surface area contributed by atoms with Crippen molar-refractivity contribution in [3.05, 3.63) is 53.1 Å². The summed E-state index contributed by atoms with van der Waals surface area (Å²) in [7, 11) is -3.90. The molecule has 2 N–H and O–H groups in total. The van der Waals surface area contributed by atoms with Gasteiger partial charge in [-0.15, -0.1) is 22.7 Å². The van der Waals surface area contributed by atoms with Crippen LogP contribution in [0.15, 0.2) is 53.0 Å². The van der Waals surface area contributed by atoms with Crippen LogP contribution in [0.2, 0.25) is 4.34 Å². The van der Waals surface area contributed by atoms with E-state index in [1.165, 1.54) is 22.3 Å². The molecule has 2 atom stereocenters. The van der Waals surface area contributed by atoms with Crippen molar-refractivity contribution in [2.45, 2.75) is 42.0 Å². The maximum Gasteiger partial charge on any atom is 0.250 e. The lowest BCUT2D eigenvalue weighted by Crippen LogP contribution is -2.55. The van der Waals surface area contributed by atoms with Gasteiger partial charge in [0.15, 0.2) is 0 Å². The standard InChI is InChI=1S/C25H28ClN5O4S3/c26-22-9-7-20(36-22)21-8-10-24(37-21)38(34,35)29-19-6-3-12-30(25(19)33)16-23(32)31-13-2-5-18(31)15-28-17-4-1-11-27-14-17/h1,4,7-11,14,18-19,28-29H,2-3,5-6,12-13,15-16H2. The molecule has 0 aliphatic carbocycles. The fourth-order valence-corrected chi connectivity index (χ4v) is 8.51. The van der Waals surface area contributed by atoms with E-state index in [0.717, 1.165) is 39.6 Å². The number of halogens is 1. The maximum absolute atomic E-state index is 13.2. The second-order valence-electron chi connectivity index (χ2n) is 9.30. The number of likely N-dealkylation sites (tertiary alicyclic amines) is 2. The van der Waals surface area contributed by atoms with E-state index in [-0.39, 0.29) is 28.6 Å². The number of nitrogens with one attached hydrogen (secondary N) is 2. The number of anilines is 1. The van der Waals surface area contributed by atoms with Gasteiger partial charge in [-0.05, 0) is 62.1 Å². The van der Waals surface area contributed by atoms with Crippen LogP contribution < -0.4 is 10.0 Å². The molecule has 3 aromatic rings. The predicted octanol–water partition coefficient (Wildman–Crippen LogP) is 3.90. The molecular formula is C25H28ClN5O4S3. The Hall–Kier alpha value is -2.51. The molecule has 5 rings (SSSR count). The molecular weight excluding hydrogens is 566 g/mol. The second-order valence-corrected chi connectivity index (χ2v) is 14.0. The normalized spacial score (nSPS) is 20.2. The Morgan fingerprint density at radius 2 is 1.87 bits per heavy atom. The summed E-state index contributed by atoms with van der Waals surface area (Å²) < 4.78 is 29.5. The molecule has 38 heavy (non-hydrogen) atoms. The molecule has 2 saturated heterocycles. The number of hydrogen-bond acceptors (Lipinski definition) is 8. The van der Waals surface area contributed by atoms with Crippen LogP contribution in [0, 0.1) is 0 Å². The smallest absolute Gasteiger partial charge is 0.250 e. The van der Waals surface area contributed by atoms with Crippen molar-refractivity contribution in [1.82, 2.24) is 19.5 Å². The van der Waals surface area contributed by atoms with Gasteiger partial charge in [0.25, 0.3) is 10.0 Å². The third-order valence-electron chi connectivity index (χ3n) is 6.72. The lowest BCUT2D eigenvalue weighted by Gasteiger charge is -2.34. The van der Waals surface area contributed by atoms with Crippen LogP contribution in [0.1, 0.15) is 25.7 Å². The monoisotopic (exact) mass is 593 g/mol. The molecule has 0 spiro atoms. The second kappa shape index (κ2) is 11.7. The average molecular weight is 594 g/mol. The van der Waals surface area contributed by atoms with Crippen molar-refractivity contribution in [2.24, 2.45) is 0 Å². The number of pyridine rings is 1. The minimum atomic E-state index is -3.90. The van der Waals surface area contributed by atoms with E-state index in [9.17, 15) is 18.0 Å². The average Bonchev–Trinajstić information content (AvgIpc) is 3.66. The number of carbonyl (C=O) groups excluding carboxylic acids is 2. The van der Waals surface area contributed by atoms with Gasteiger partial charge in [0.1, 0.15) is 10.3 Å². The number of amides is 2. The summed E-state index contributed by atoms with van der Waals surface area (Å²) in [5, 5.41) is 3.33. The molecule has 2 amide bonds. The highest BCUT2D eigenvalue weighted by atomic mass is 35.5. The highest BCUT2D eigenvalue weighted by Gasteiger charge is 2.36. The van der Waals surface area contributed by atoms with Gasteiger partial charge in [-0.2, -0.15) is 4.72 Å². The van der Waals surface area contributed by atoms with E-state index in [0.29, 0.717) is 36.8 Å². The summed E-state index contributed by atoms with van der Waals surface area (Å²) in [5.74, 6) is -0.478. The predicted molar refractivity (Wildman–Crippen MR) is 150 cm³/mol. The highest BCUT2D eigenvalue weighted by molar-refractivity contribution is 7.91. The van der Waals surface area contributed by atoms with Gasteiger partial charge in [0.05, 0.1) is 16.6 Å². The molecule has 5 heterocycles. The molecule has 2 aliphatic rings. The summed E-state index contributed by atoms with van der Waals surface area (Å²) in [4.78, 5) is 35.5. The van der Waals surface area contributed by atoms with Crippen molar-refractivity contribution >= 4 is 61.8 Å². The first-order valence-corrected chi connectivity index (χ1v) is 15.9. The Morgan fingerprint density at radius 1 is 1.08 bits per heavy atom. The Labute approximate surface area is 234 Å². The molecule has 9 nitrogen and oxygen atoms in total. The summed E-state index contributed by atoms with van der Waals surface area (Å²) >= 11 is 8.52. The quantitative estimate of drug-likeness (QED) is 0.389. The van der Waals surface area contributed by atoms with Crippen molar-refractivity contribution in [3.8, 4) is 9.75 Å². The Kier molecular flexibility index (Phi) is 8.34. The molecule has 0 bridgehead atoms. The molecule has 13 heteroatoms. The van der Waals surface area contributed by atoms with Gasteiger partial charge in [-0.3, -0.25) is 14.6 Å². The summed E-state index contributed by atoms with van der Waals surface area (Å²) in [6, 6.07) is 9.81. The molecule has 0 aromatic carbocycles. The van der Waals surface area contributed by atoms with Gasteiger partial charge in [0.2, 0.25) is 11.8 Å². The zero-order chi connectivity index (χ0) is 26.7. The van der Waals surface area contributed by atoms with Crippen molar-refractivity contribution in [2.75, 3.05) is 31.5 Å². The van der Waals surface area contributed by atoms with E-state index in [1.807, 2.05) is 23.1 Å². The molecule has 202 valence electrons. The minimum absolute atomic E-state index is 0.0307. The van der Waals surface area contributed by atoms with Gasteiger partial charge < -0.3 is 15.1 Å². The molecule has 3 aromatic heterocycles. The van der Waals surface area contributed by atoms with Crippen LogP contribution in [0.4, 0.5) is 5.69 Å². The number of aromatic nitrogens is 1. The van der Waals surface area contributed by atoms with Crippen molar-refractivity contribution in [3.63, 3.8) is 0 Å². The third-order valence-corrected chi connectivity index (χ3v) is 11.2. The number of sulfonamides is 1.